The number of anilines is 1. The molecule has 0 radical (unpaired) electrons. The summed E-state index contributed by atoms with van der Waals surface area (Å²) in [5.74, 6) is -0.371. The lowest BCUT2D eigenvalue weighted by atomic mass is 9.99. The van der Waals surface area contributed by atoms with E-state index in [2.05, 4.69) is 32.0 Å². The summed E-state index contributed by atoms with van der Waals surface area (Å²) >= 11 is 0. The molecule has 3 N–H and O–H groups in total. The number of rotatable bonds is 11. The third-order valence-corrected chi connectivity index (χ3v) is 5.01. The van der Waals surface area contributed by atoms with Crippen LogP contribution in [0.4, 0.5) is 19.1 Å². The molecular formula is C26H27F3N6O. The molecule has 3 rings (SSSR count). The van der Waals surface area contributed by atoms with Gasteiger partial charge in [-0.05, 0) is 75.1 Å². The highest BCUT2D eigenvalue weighted by atomic mass is 19.3. The SMILES string of the molecule is C=N/C(=C\C=C/CCOc1nc(N)nc(-c2ccc(F)cc2)c1-c1cc(C)nc(C(F)F)c1)CNC. The predicted molar refractivity (Wildman–Crippen MR) is 136 cm³/mol. The fourth-order valence-corrected chi connectivity index (χ4v) is 3.44. The number of nitrogen functional groups attached to an aromatic ring is 1. The summed E-state index contributed by atoms with van der Waals surface area (Å²) < 4.78 is 46.5. The van der Waals surface area contributed by atoms with Crippen LogP contribution in [0, 0.1) is 12.7 Å². The first-order valence-corrected chi connectivity index (χ1v) is 11.1. The van der Waals surface area contributed by atoms with Crippen LogP contribution in [0.3, 0.4) is 0 Å². The van der Waals surface area contributed by atoms with Gasteiger partial charge in [-0.25, -0.2) is 18.2 Å². The second-order valence-electron chi connectivity index (χ2n) is 7.75. The van der Waals surface area contributed by atoms with Crippen LogP contribution in [-0.4, -0.2) is 41.9 Å². The second-order valence-corrected chi connectivity index (χ2v) is 7.75. The Morgan fingerprint density at radius 1 is 1.17 bits per heavy atom. The topological polar surface area (TPSA) is 98.3 Å². The Labute approximate surface area is 207 Å². The smallest absolute Gasteiger partial charge is 0.280 e. The number of aliphatic imine (C=N–C) groups is 1. The molecule has 0 aliphatic heterocycles. The van der Waals surface area contributed by atoms with Crippen LogP contribution < -0.4 is 15.8 Å². The van der Waals surface area contributed by atoms with Crippen LogP contribution in [-0.2, 0) is 0 Å². The first-order chi connectivity index (χ1) is 17.3. The van der Waals surface area contributed by atoms with E-state index in [1.165, 1.54) is 30.3 Å². The number of pyridine rings is 1. The summed E-state index contributed by atoms with van der Waals surface area (Å²) in [7, 11) is 1.82. The number of aryl methyl sites for hydroxylation is 1. The minimum absolute atomic E-state index is 0.0693. The van der Waals surface area contributed by atoms with Crippen molar-refractivity contribution in [1.82, 2.24) is 20.3 Å². The number of aromatic nitrogens is 3. The Morgan fingerprint density at radius 2 is 1.92 bits per heavy atom. The first kappa shape index (κ1) is 26.6. The number of nitrogens with two attached hydrogens (primary N) is 1. The zero-order valence-electron chi connectivity index (χ0n) is 20.0. The number of alkyl halides is 2. The summed E-state index contributed by atoms with van der Waals surface area (Å²) in [5, 5.41) is 3.00. The van der Waals surface area contributed by atoms with E-state index in [1.807, 2.05) is 25.3 Å². The van der Waals surface area contributed by atoms with Crippen molar-refractivity contribution < 1.29 is 17.9 Å². The van der Waals surface area contributed by atoms with Crippen molar-refractivity contribution in [3.8, 4) is 28.3 Å². The lowest BCUT2D eigenvalue weighted by Crippen LogP contribution is -2.08. The van der Waals surface area contributed by atoms with Crippen molar-refractivity contribution in [1.29, 1.82) is 0 Å². The number of allylic oxidation sites excluding steroid dienone is 2. The van der Waals surface area contributed by atoms with E-state index in [1.54, 1.807) is 13.0 Å². The van der Waals surface area contributed by atoms with Crippen LogP contribution in [0.5, 0.6) is 5.88 Å². The molecule has 0 bridgehead atoms. The molecule has 0 saturated heterocycles. The molecule has 0 fully saturated rings. The Kier molecular flexibility index (Phi) is 9.29. The first-order valence-electron chi connectivity index (χ1n) is 11.1. The Balaban J connectivity index is 2.00. The number of nitrogens with one attached hydrogen (secondary N) is 1. The third-order valence-electron chi connectivity index (χ3n) is 5.01. The largest absolute Gasteiger partial charge is 0.477 e. The highest BCUT2D eigenvalue weighted by Crippen LogP contribution is 2.39. The maximum absolute atomic E-state index is 13.6. The van der Waals surface area contributed by atoms with Gasteiger partial charge in [0.1, 0.15) is 11.5 Å². The molecule has 0 amide bonds. The van der Waals surface area contributed by atoms with Crippen molar-refractivity contribution in [3.63, 3.8) is 0 Å². The Hall–Kier alpha value is -4.05. The van der Waals surface area contributed by atoms with Gasteiger partial charge in [0.2, 0.25) is 11.8 Å². The van der Waals surface area contributed by atoms with Crippen LogP contribution in [0.25, 0.3) is 22.4 Å². The molecule has 0 spiro atoms. The zero-order valence-corrected chi connectivity index (χ0v) is 20.0. The highest BCUT2D eigenvalue weighted by molar-refractivity contribution is 5.85. The van der Waals surface area contributed by atoms with Gasteiger partial charge in [0.15, 0.2) is 0 Å². The molecule has 0 unspecified atom stereocenters. The number of hydrogen-bond donors (Lipinski definition) is 2. The van der Waals surface area contributed by atoms with Crippen LogP contribution in [0.2, 0.25) is 0 Å². The number of likely N-dealkylation sites (N-methyl/N-ethyl adjacent to an activating group) is 1. The predicted octanol–water partition coefficient (Wildman–Crippen LogP) is 5.30. The third kappa shape index (κ3) is 6.98. The normalized spacial score (nSPS) is 11.9. The number of halogens is 3. The molecule has 7 nitrogen and oxygen atoms in total. The minimum Gasteiger partial charge on any atom is -0.477 e. The summed E-state index contributed by atoms with van der Waals surface area (Å²) in [6.07, 6.45) is 3.30. The summed E-state index contributed by atoms with van der Waals surface area (Å²) in [4.78, 5) is 16.4. The number of nitrogens with zero attached hydrogens (tertiary/aromatic N) is 4. The monoisotopic (exact) mass is 496 g/mol. The van der Waals surface area contributed by atoms with Crippen molar-refractivity contribution >= 4 is 12.7 Å². The van der Waals surface area contributed by atoms with E-state index >= 15 is 0 Å². The molecule has 2 heterocycles. The second kappa shape index (κ2) is 12.6. The van der Waals surface area contributed by atoms with Gasteiger partial charge in [-0.3, -0.25) is 9.98 Å². The zero-order chi connectivity index (χ0) is 26.1. The maximum atomic E-state index is 13.6. The number of hydrogen-bond acceptors (Lipinski definition) is 7. The summed E-state index contributed by atoms with van der Waals surface area (Å²) in [5.41, 5.74) is 8.35. The minimum atomic E-state index is -2.77. The molecule has 188 valence electrons. The van der Waals surface area contributed by atoms with E-state index in [0.29, 0.717) is 41.0 Å². The van der Waals surface area contributed by atoms with Crippen molar-refractivity contribution in [2.75, 3.05) is 25.9 Å². The molecule has 0 aliphatic rings. The summed E-state index contributed by atoms with van der Waals surface area (Å²) in [6.45, 7) is 5.96. The Bertz CT molecular complexity index is 1260. The molecule has 2 aromatic heterocycles. The van der Waals surface area contributed by atoms with Crippen LogP contribution >= 0.6 is 0 Å². The van der Waals surface area contributed by atoms with Gasteiger partial charge >= 0.3 is 0 Å². The quantitative estimate of drug-likeness (QED) is 0.212. The molecule has 36 heavy (non-hydrogen) atoms. The molecule has 0 aliphatic carbocycles. The van der Waals surface area contributed by atoms with Gasteiger partial charge in [0.05, 0.1) is 23.6 Å². The molecular weight excluding hydrogens is 469 g/mol. The molecule has 10 heteroatoms. The van der Waals surface area contributed by atoms with Crippen molar-refractivity contribution in [3.05, 3.63) is 77.5 Å². The highest BCUT2D eigenvalue weighted by Gasteiger charge is 2.21. The van der Waals surface area contributed by atoms with Gasteiger partial charge in [0.25, 0.3) is 6.43 Å². The Morgan fingerprint density at radius 3 is 2.58 bits per heavy atom. The van der Waals surface area contributed by atoms with Crippen LogP contribution in [0.1, 0.15) is 24.2 Å². The van der Waals surface area contributed by atoms with E-state index < -0.39 is 12.2 Å². The van der Waals surface area contributed by atoms with Gasteiger partial charge in [-0.15, -0.1) is 0 Å². The van der Waals surface area contributed by atoms with E-state index in [0.717, 1.165) is 5.70 Å². The lowest BCUT2D eigenvalue weighted by Gasteiger charge is -2.16. The van der Waals surface area contributed by atoms with Crippen molar-refractivity contribution in [2.24, 2.45) is 4.99 Å². The number of benzene rings is 1. The van der Waals surface area contributed by atoms with E-state index in [4.69, 9.17) is 10.5 Å². The van der Waals surface area contributed by atoms with Gasteiger partial charge < -0.3 is 15.8 Å². The van der Waals surface area contributed by atoms with Gasteiger partial charge in [-0.2, -0.15) is 4.98 Å². The molecule has 0 saturated carbocycles. The standard InChI is InChI=1S/C26H27F3N6O/c1-16-13-18(14-21(33-16)24(28)29)22-23(17-8-10-19(27)11-9-17)34-26(30)35-25(22)36-12-6-4-5-7-20(32-3)15-31-2/h4-5,7-11,13-14,24,31H,3,6,12,15H2,1-2H3,(H2,30,34,35)/b5-4-,20-7-. The van der Waals surface area contributed by atoms with Gasteiger partial charge in [0, 0.05) is 17.8 Å². The van der Waals surface area contributed by atoms with Gasteiger partial charge in [-0.1, -0.05) is 12.2 Å². The molecule has 3 aromatic rings. The van der Waals surface area contributed by atoms with Crippen LogP contribution in [0.15, 0.2) is 65.3 Å². The maximum Gasteiger partial charge on any atom is 0.280 e. The van der Waals surface area contributed by atoms with E-state index in [9.17, 15) is 13.2 Å². The average Bonchev–Trinajstić information content (AvgIpc) is 2.85. The lowest BCUT2D eigenvalue weighted by molar-refractivity contribution is 0.146. The fraction of sp³-hybridized carbons (Fsp3) is 0.231. The summed E-state index contributed by atoms with van der Waals surface area (Å²) in [6, 6.07) is 8.51. The molecule has 0 atom stereocenters. The number of ether oxygens (including phenoxy) is 1. The van der Waals surface area contributed by atoms with Crippen molar-refractivity contribution in [2.45, 2.75) is 19.8 Å². The average molecular weight is 497 g/mol. The fourth-order valence-electron chi connectivity index (χ4n) is 3.44. The molecule has 1 aromatic carbocycles. The van der Waals surface area contributed by atoms with E-state index in [-0.39, 0.29) is 24.1 Å².